The van der Waals surface area contributed by atoms with E-state index in [1.165, 1.54) is 42.2 Å². The second-order valence-electron chi connectivity index (χ2n) is 16.0. The van der Waals surface area contributed by atoms with E-state index in [0.717, 1.165) is 78.7 Å². The van der Waals surface area contributed by atoms with Gasteiger partial charge in [0.05, 0.1) is 22.4 Å². The van der Waals surface area contributed by atoms with Gasteiger partial charge in [-0.25, -0.2) is 4.98 Å². The van der Waals surface area contributed by atoms with E-state index in [9.17, 15) is 0 Å². The molecular formula is C56H42N4OS. The third kappa shape index (κ3) is 6.71. The van der Waals surface area contributed by atoms with E-state index in [0.29, 0.717) is 0 Å². The summed E-state index contributed by atoms with van der Waals surface area (Å²) in [5, 5.41) is 12.5. The van der Waals surface area contributed by atoms with E-state index in [1.807, 2.05) is 41.8 Å². The number of benzene rings is 8. The number of rotatable bonds is 9. The molecule has 0 saturated carbocycles. The number of aryl methyl sites for hydroxylation is 3. The molecule has 0 aliphatic rings. The first kappa shape index (κ1) is 37.3. The van der Waals surface area contributed by atoms with Crippen LogP contribution >= 0.6 is 11.3 Å². The maximum atomic E-state index is 6.75. The predicted octanol–water partition coefficient (Wildman–Crippen LogP) is 16.1. The summed E-state index contributed by atoms with van der Waals surface area (Å²) >= 11 is 1.83. The van der Waals surface area contributed by atoms with Gasteiger partial charge in [-0.05, 0) is 115 Å². The van der Waals surface area contributed by atoms with Crippen molar-refractivity contribution in [3.8, 4) is 39.6 Å². The molecule has 0 radical (unpaired) electrons. The van der Waals surface area contributed by atoms with E-state index in [-0.39, 0.29) is 0 Å². The minimum Gasteiger partial charge on any atom is -0.457 e. The zero-order valence-corrected chi connectivity index (χ0v) is 35.4. The largest absolute Gasteiger partial charge is 0.457 e. The van der Waals surface area contributed by atoms with Gasteiger partial charge >= 0.3 is 0 Å². The van der Waals surface area contributed by atoms with Gasteiger partial charge in [0.1, 0.15) is 17.3 Å². The van der Waals surface area contributed by atoms with Gasteiger partial charge in [0.2, 0.25) is 0 Å². The molecule has 0 spiro atoms. The van der Waals surface area contributed by atoms with Crippen LogP contribution in [-0.4, -0.2) is 9.55 Å². The molecule has 3 aromatic heterocycles. The van der Waals surface area contributed by atoms with Crippen LogP contribution in [0.3, 0.4) is 0 Å². The third-order valence-electron chi connectivity index (χ3n) is 11.7. The molecule has 0 aliphatic heterocycles. The summed E-state index contributed by atoms with van der Waals surface area (Å²) in [6, 6.07) is 64.1. The number of hydrogen-bond donors (Lipinski definition) is 2. The van der Waals surface area contributed by atoms with Crippen molar-refractivity contribution < 1.29 is 4.74 Å². The van der Waals surface area contributed by atoms with Crippen molar-refractivity contribution >= 4 is 76.1 Å². The van der Waals surface area contributed by atoms with E-state index in [4.69, 9.17) is 9.72 Å². The number of nitrogens with one attached hydrogen (secondary N) is 2. The second-order valence-corrected chi connectivity index (χ2v) is 17.0. The summed E-state index contributed by atoms with van der Waals surface area (Å²) in [5.74, 6) is 2.34. The minimum absolute atomic E-state index is 0.727. The summed E-state index contributed by atoms with van der Waals surface area (Å²) in [6.45, 7) is 6.49. The molecular weight excluding hydrogens is 777 g/mol. The molecule has 8 aromatic carbocycles. The third-order valence-corrected chi connectivity index (χ3v) is 12.9. The zero-order chi connectivity index (χ0) is 41.7. The lowest BCUT2D eigenvalue weighted by molar-refractivity contribution is 0.483. The second kappa shape index (κ2) is 15.4. The minimum atomic E-state index is 0.727. The number of aromatic nitrogens is 2. The van der Waals surface area contributed by atoms with Gasteiger partial charge in [0.25, 0.3) is 0 Å². The van der Waals surface area contributed by atoms with Crippen molar-refractivity contribution in [1.29, 1.82) is 0 Å². The van der Waals surface area contributed by atoms with Crippen LogP contribution in [0.15, 0.2) is 188 Å². The Morgan fingerprint density at radius 1 is 0.516 bits per heavy atom. The van der Waals surface area contributed by atoms with Crippen LogP contribution in [0.25, 0.3) is 70.0 Å². The summed E-state index contributed by atoms with van der Waals surface area (Å²) in [5.41, 5.74) is 14.4. The van der Waals surface area contributed by atoms with Crippen LogP contribution < -0.4 is 15.4 Å². The Morgan fingerprint density at radius 3 is 1.90 bits per heavy atom. The van der Waals surface area contributed by atoms with Crippen LogP contribution in [0.4, 0.5) is 22.7 Å². The van der Waals surface area contributed by atoms with Gasteiger partial charge in [-0.15, -0.1) is 11.3 Å². The lowest BCUT2D eigenvalue weighted by Gasteiger charge is -2.22. The van der Waals surface area contributed by atoms with Gasteiger partial charge in [-0.2, -0.15) is 0 Å². The lowest BCUT2D eigenvalue weighted by atomic mass is 9.93. The van der Waals surface area contributed by atoms with Crippen LogP contribution in [0.5, 0.6) is 11.5 Å². The molecule has 6 heteroatoms. The van der Waals surface area contributed by atoms with Crippen LogP contribution in [0.1, 0.15) is 16.7 Å². The van der Waals surface area contributed by atoms with E-state index in [1.54, 1.807) is 0 Å². The zero-order valence-electron chi connectivity index (χ0n) is 34.6. The molecule has 0 atom stereocenters. The first-order chi connectivity index (χ1) is 30.4. The Kier molecular flexibility index (Phi) is 9.28. The molecule has 11 rings (SSSR count). The number of ether oxygens (including phenoxy) is 1. The van der Waals surface area contributed by atoms with Gasteiger partial charge in [-0.3, -0.25) is 4.57 Å². The number of thiophene rings is 1. The molecule has 2 N–H and O–H groups in total. The van der Waals surface area contributed by atoms with E-state index in [2.05, 4.69) is 194 Å². The number of hydrogen-bond acceptors (Lipinski definition) is 5. The Morgan fingerprint density at radius 2 is 1.18 bits per heavy atom. The lowest BCUT2D eigenvalue weighted by Crippen LogP contribution is -2.02. The highest BCUT2D eigenvalue weighted by molar-refractivity contribution is 7.26. The molecule has 62 heavy (non-hydrogen) atoms. The average Bonchev–Trinajstić information content (AvgIpc) is 3.84. The topological polar surface area (TPSA) is 51.1 Å². The van der Waals surface area contributed by atoms with Crippen molar-refractivity contribution in [1.82, 2.24) is 9.55 Å². The number of pyridine rings is 1. The first-order valence-electron chi connectivity index (χ1n) is 20.9. The smallest absolute Gasteiger partial charge is 0.137 e. The highest BCUT2D eigenvalue weighted by Crippen LogP contribution is 2.45. The first-order valence-corrected chi connectivity index (χ1v) is 21.8. The van der Waals surface area contributed by atoms with Crippen LogP contribution in [-0.2, 0) is 0 Å². The fourth-order valence-corrected chi connectivity index (χ4v) is 10.1. The quantitative estimate of drug-likeness (QED) is 0.152. The number of nitrogens with zero attached hydrogens (tertiary/aromatic N) is 2. The molecule has 11 aromatic rings. The molecule has 0 unspecified atom stereocenters. The van der Waals surface area contributed by atoms with Crippen molar-refractivity contribution in [2.75, 3.05) is 10.6 Å². The summed E-state index contributed by atoms with van der Waals surface area (Å²) < 4.78 is 11.6. The Bertz CT molecular complexity index is 3440. The van der Waals surface area contributed by atoms with Gasteiger partial charge < -0.3 is 15.4 Å². The van der Waals surface area contributed by atoms with Crippen molar-refractivity contribution in [2.45, 2.75) is 20.8 Å². The maximum absolute atomic E-state index is 6.75. The number of anilines is 4. The molecule has 5 nitrogen and oxygen atoms in total. The van der Waals surface area contributed by atoms with Crippen LogP contribution in [0.2, 0.25) is 0 Å². The SMILES string of the molecule is Cc1cc(C)c(Nc2cc(-c3ccccc3)c(-c3ccccc3)cc2Nc2cccc(Oc3ccc4c5ccc6sc7ccccc7c6c5n(-c5ccccn5)c4c3)c2)c(C)c1. The Balaban J connectivity index is 1.01. The molecule has 0 saturated heterocycles. The number of fused-ring (bicyclic) bond motifs is 7. The van der Waals surface area contributed by atoms with Crippen molar-refractivity contribution in [3.63, 3.8) is 0 Å². The van der Waals surface area contributed by atoms with E-state index < -0.39 is 0 Å². The average molecular weight is 819 g/mol. The van der Waals surface area contributed by atoms with Crippen molar-refractivity contribution in [3.05, 3.63) is 205 Å². The summed E-state index contributed by atoms with van der Waals surface area (Å²) in [6.07, 6.45) is 1.86. The predicted molar refractivity (Wildman–Crippen MR) is 263 cm³/mol. The Hall–Kier alpha value is -7.67. The standard InChI is InChI=1S/C56H42N4OS/c1-35-29-36(2)55(37(3)30-35)59-49-34-47(39-17-8-5-9-18-39)46(38-15-6-4-7-16-38)33-48(49)58-40-19-14-20-41(31-40)61-42-24-25-43-44-26-27-52-54(45-21-10-11-22-51(45)62-52)56(44)60(50(43)32-42)53-23-12-13-28-57-53/h4-34,58-59H,1-3H3. The monoisotopic (exact) mass is 818 g/mol. The van der Waals surface area contributed by atoms with Crippen LogP contribution in [0, 0.1) is 20.8 Å². The highest BCUT2D eigenvalue weighted by atomic mass is 32.1. The fourth-order valence-electron chi connectivity index (χ4n) is 9.04. The van der Waals surface area contributed by atoms with Gasteiger partial charge in [0, 0.05) is 60.6 Å². The normalized spacial score (nSPS) is 11.5. The molecule has 0 aliphatic carbocycles. The molecule has 298 valence electrons. The highest BCUT2D eigenvalue weighted by Gasteiger charge is 2.20. The van der Waals surface area contributed by atoms with Gasteiger partial charge in [-0.1, -0.05) is 115 Å². The van der Waals surface area contributed by atoms with E-state index >= 15 is 0 Å². The fraction of sp³-hybridized carbons (Fsp3) is 0.0536. The summed E-state index contributed by atoms with van der Waals surface area (Å²) in [7, 11) is 0. The molecule has 0 fully saturated rings. The maximum Gasteiger partial charge on any atom is 0.137 e. The van der Waals surface area contributed by atoms with Crippen molar-refractivity contribution in [2.24, 2.45) is 0 Å². The molecule has 0 bridgehead atoms. The summed E-state index contributed by atoms with van der Waals surface area (Å²) in [4.78, 5) is 4.86. The molecule has 3 heterocycles. The molecule has 0 amide bonds. The van der Waals surface area contributed by atoms with Gasteiger partial charge in [0.15, 0.2) is 0 Å². The Labute approximate surface area is 364 Å².